The topological polar surface area (TPSA) is 44.1 Å². The number of carbonyl (C=O) groups is 1. The van der Waals surface area contributed by atoms with Crippen LogP contribution < -0.4 is 0 Å². The number of hydrogen-bond acceptors (Lipinski definition) is 3. The van der Waals surface area contributed by atoms with Crippen molar-refractivity contribution in [1.82, 2.24) is 9.78 Å². The van der Waals surface area contributed by atoms with Gasteiger partial charge in [0.2, 0.25) is 0 Å². The van der Waals surface area contributed by atoms with Crippen molar-refractivity contribution in [2.45, 2.75) is 78.2 Å². The van der Waals surface area contributed by atoms with Crippen LogP contribution in [0.5, 0.6) is 0 Å². The van der Waals surface area contributed by atoms with Gasteiger partial charge in [0.25, 0.3) is 0 Å². The molecule has 2 fully saturated rings. The van der Waals surface area contributed by atoms with Gasteiger partial charge in [0.1, 0.15) is 6.10 Å². The zero-order chi connectivity index (χ0) is 23.7. The van der Waals surface area contributed by atoms with Gasteiger partial charge in [-0.15, -0.1) is 0 Å². The summed E-state index contributed by atoms with van der Waals surface area (Å²) in [6.45, 7) is 6.95. The zero-order valence-electron chi connectivity index (χ0n) is 21.1. The Labute approximate surface area is 203 Å². The molecule has 2 saturated carbocycles. The van der Waals surface area contributed by atoms with Gasteiger partial charge >= 0.3 is 5.97 Å². The Hall–Kier alpha value is -2.36. The number of hydrogen-bond donors (Lipinski definition) is 0. The van der Waals surface area contributed by atoms with E-state index in [1.807, 2.05) is 6.92 Å². The molecule has 0 radical (unpaired) electrons. The van der Waals surface area contributed by atoms with Crippen LogP contribution in [0.3, 0.4) is 0 Å². The van der Waals surface area contributed by atoms with Gasteiger partial charge in [0.05, 0.1) is 11.2 Å². The zero-order valence-corrected chi connectivity index (χ0v) is 21.1. The lowest BCUT2D eigenvalue weighted by atomic mass is 9.47. The second-order valence-corrected chi connectivity index (χ2v) is 11.8. The molecule has 34 heavy (non-hydrogen) atoms. The highest BCUT2D eigenvalue weighted by molar-refractivity contribution is 5.92. The van der Waals surface area contributed by atoms with Crippen molar-refractivity contribution in [3.63, 3.8) is 0 Å². The molecule has 0 aliphatic heterocycles. The van der Waals surface area contributed by atoms with Crippen molar-refractivity contribution in [1.29, 1.82) is 0 Å². The third-order valence-electron chi connectivity index (χ3n) is 10.2. The Balaban J connectivity index is 1.29. The van der Waals surface area contributed by atoms with Gasteiger partial charge in [-0.05, 0) is 78.7 Å². The van der Waals surface area contributed by atoms with Crippen LogP contribution in [0, 0.1) is 28.6 Å². The molecule has 4 aliphatic rings. The number of aryl methyl sites for hydroxylation is 1. The fourth-order valence-corrected chi connectivity index (χ4v) is 8.40. The smallest absolute Gasteiger partial charge is 0.305 e. The summed E-state index contributed by atoms with van der Waals surface area (Å²) in [7, 11) is 2.11. The normalized spacial score (nSPS) is 36.8. The molecule has 0 saturated heterocycles. The summed E-state index contributed by atoms with van der Waals surface area (Å²) in [5.41, 5.74) is 6.01. The van der Waals surface area contributed by atoms with E-state index in [0.717, 1.165) is 36.6 Å². The van der Waals surface area contributed by atoms with Crippen LogP contribution in [0.1, 0.15) is 77.8 Å². The van der Waals surface area contributed by atoms with Crippen LogP contribution in [0.2, 0.25) is 0 Å². The molecule has 2 aromatic rings. The quantitative estimate of drug-likeness (QED) is 0.373. The van der Waals surface area contributed by atoms with E-state index >= 15 is 0 Å². The van der Waals surface area contributed by atoms with E-state index in [1.54, 1.807) is 5.57 Å². The number of nitrogens with zero attached hydrogens (tertiary/aromatic N) is 2. The Morgan fingerprint density at radius 1 is 1.09 bits per heavy atom. The van der Waals surface area contributed by atoms with Gasteiger partial charge in [0, 0.05) is 25.3 Å². The van der Waals surface area contributed by atoms with Gasteiger partial charge in [0.15, 0.2) is 0 Å². The third-order valence-corrected chi connectivity index (χ3v) is 10.2. The van der Waals surface area contributed by atoms with Crippen molar-refractivity contribution in [2.75, 3.05) is 0 Å². The Morgan fingerprint density at radius 3 is 2.71 bits per heavy atom. The number of aromatic nitrogens is 2. The largest absolute Gasteiger partial charge is 0.462 e. The van der Waals surface area contributed by atoms with Crippen molar-refractivity contribution < 1.29 is 9.53 Å². The van der Waals surface area contributed by atoms with Gasteiger partial charge in [-0.3, -0.25) is 9.48 Å². The van der Waals surface area contributed by atoms with E-state index in [1.165, 1.54) is 42.3 Å². The molecule has 3 unspecified atom stereocenters. The molecular weight excluding hydrogens is 420 g/mol. The van der Waals surface area contributed by atoms with E-state index in [-0.39, 0.29) is 22.9 Å². The van der Waals surface area contributed by atoms with E-state index in [4.69, 9.17) is 9.84 Å². The molecule has 0 N–H and O–H groups in total. The molecule has 4 aliphatic carbocycles. The fraction of sp³-hybridized carbons (Fsp3) is 0.600. The van der Waals surface area contributed by atoms with Gasteiger partial charge in [-0.25, -0.2) is 0 Å². The molecule has 0 amide bonds. The summed E-state index contributed by atoms with van der Waals surface area (Å²) >= 11 is 0. The van der Waals surface area contributed by atoms with Gasteiger partial charge in [-0.2, -0.15) is 5.10 Å². The lowest BCUT2D eigenvalue weighted by molar-refractivity contribution is -0.151. The Morgan fingerprint density at radius 2 is 1.88 bits per heavy atom. The van der Waals surface area contributed by atoms with Crippen molar-refractivity contribution in [2.24, 2.45) is 35.6 Å². The first kappa shape index (κ1) is 22.1. The molecule has 4 nitrogen and oxygen atoms in total. The minimum atomic E-state index is -0.0522. The van der Waals surface area contributed by atoms with Crippen LogP contribution in [0.15, 0.2) is 42.0 Å². The molecule has 6 atom stereocenters. The van der Waals surface area contributed by atoms with Crippen LogP contribution in [-0.4, -0.2) is 21.9 Å². The predicted octanol–water partition coefficient (Wildman–Crippen LogP) is 6.85. The molecule has 1 heterocycles. The van der Waals surface area contributed by atoms with Crippen molar-refractivity contribution in [3.05, 3.63) is 47.7 Å². The van der Waals surface area contributed by atoms with Crippen LogP contribution >= 0.6 is 0 Å². The highest BCUT2D eigenvalue weighted by Crippen LogP contribution is 2.66. The Bertz CT molecular complexity index is 1210. The number of rotatable bonds is 3. The van der Waals surface area contributed by atoms with Crippen LogP contribution in [0.25, 0.3) is 16.5 Å². The number of fused-ring (bicyclic) bond motifs is 6. The van der Waals surface area contributed by atoms with Crippen LogP contribution in [-0.2, 0) is 16.6 Å². The average molecular weight is 459 g/mol. The molecule has 4 heteroatoms. The van der Waals surface area contributed by atoms with E-state index in [0.29, 0.717) is 12.3 Å². The monoisotopic (exact) mass is 458 g/mol. The summed E-state index contributed by atoms with van der Waals surface area (Å²) in [5.74, 6) is 2.11. The van der Waals surface area contributed by atoms with Gasteiger partial charge in [-0.1, -0.05) is 56.7 Å². The second kappa shape index (κ2) is 7.83. The summed E-state index contributed by atoms with van der Waals surface area (Å²) in [4.78, 5) is 11.9. The maximum absolute atomic E-state index is 11.9. The summed E-state index contributed by atoms with van der Waals surface area (Å²) in [6, 6.07) is 8.60. The third kappa shape index (κ3) is 3.09. The lowest BCUT2D eigenvalue weighted by Gasteiger charge is -2.57. The molecular formula is C30H38N2O2. The number of ether oxygens (including phenoxy) is 1. The summed E-state index contributed by atoms with van der Waals surface area (Å²) in [6.07, 6.45) is 13.7. The SMILES string of the molecule is CCC(=O)O[C@H]1CC[C@@]2(C)C(=CCC3C2CC[C@]2(C)C(c4c5ccccc5nn4C)=CCC32)C1. The Kier molecular flexibility index (Phi) is 5.09. The standard InChI is InChI=1S/C30H38N2O2/c1-5-27(33)34-20-14-16-29(2)19(18-20)10-11-21-23-12-13-25(30(23,3)17-15-24(21)29)28-22-8-6-7-9-26(22)31-32(28)4/h6-10,13,20-21,23-24H,5,11-12,14-18H2,1-4H3/t20-,21?,23?,24?,29-,30-/m0/s1. The first-order valence-corrected chi connectivity index (χ1v) is 13.4. The fourth-order valence-electron chi connectivity index (χ4n) is 8.40. The first-order valence-electron chi connectivity index (χ1n) is 13.4. The van der Waals surface area contributed by atoms with E-state index < -0.39 is 0 Å². The molecule has 6 rings (SSSR count). The molecule has 180 valence electrons. The van der Waals surface area contributed by atoms with Crippen molar-refractivity contribution >= 4 is 22.4 Å². The molecule has 0 bridgehead atoms. The molecule has 1 aromatic carbocycles. The summed E-state index contributed by atoms with van der Waals surface area (Å²) < 4.78 is 7.88. The minimum Gasteiger partial charge on any atom is -0.462 e. The summed E-state index contributed by atoms with van der Waals surface area (Å²) in [5, 5.41) is 6.13. The highest BCUT2D eigenvalue weighted by atomic mass is 16.5. The molecule has 1 aromatic heterocycles. The predicted molar refractivity (Wildman–Crippen MR) is 136 cm³/mol. The first-order chi connectivity index (χ1) is 16.3. The minimum absolute atomic E-state index is 0.0522. The average Bonchev–Trinajstić information content (AvgIpc) is 3.34. The number of esters is 1. The highest BCUT2D eigenvalue weighted by Gasteiger charge is 2.57. The number of benzene rings is 1. The van der Waals surface area contributed by atoms with Crippen LogP contribution in [0.4, 0.5) is 0 Å². The van der Waals surface area contributed by atoms with Gasteiger partial charge < -0.3 is 4.74 Å². The maximum atomic E-state index is 11.9. The molecule has 0 spiro atoms. The second-order valence-electron chi connectivity index (χ2n) is 11.8. The van der Waals surface area contributed by atoms with E-state index in [9.17, 15) is 4.79 Å². The lowest BCUT2D eigenvalue weighted by Crippen LogP contribution is -2.50. The van der Waals surface area contributed by atoms with Crippen molar-refractivity contribution in [3.8, 4) is 0 Å². The number of carbonyl (C=O) groups excluding carboxylic acids is 1. The number of allylic oxidation sites excluding steroid dienone is 3. The van der Waals surface area contributed by atoms with E-state index in [2.05, 4.69) is 62.0 Å². The maximum Gasteiger partial charge on any atom is 0.305 e.